The highest BCUT2D eigenvalue weighted by atomic mass is 16.5. The summed E-state index contributed by atoms with van der Waals surface area (Å²) in [6.07, 6.45) is -0.370. The SMILES string of the molecule is [2H]c1cccc(C(=O)O)[n+]1[O-]. The number of aromatic carboxylic acids is 1. The Labute approximate surface area is 58.3 Å². The fourth-order valence-electron chi connectivity index (χ4n) is 0.545. The summed E-state index contributed by atoms with van der Waals surface area (Å²) in [6, 6.07) is 3.72. The van der Waals surface area contributed by atoms with E-state index in [4.69, 9.17) is 6.48 Å². The summed E-state index contributed by atoms with van der Waals surface area (Å²) in [7, 11) is 0. The van der Waals surface area contributed by atoms with Crippen LogP contribution in [0, 0.1) is 5.21 Å². The van der Waals surface area contributed by atoms with E-state index in [0.717, 1.165) is 6.07 Å². The van der Waals surface area contributed by atoms with E-state index in [1.54, 1.807) is 0 Å². The van der Waals surface area contributed by atoms with Crippen LogP contribution in [0.3, 0.4) is 0 Å². The van der Waals surface area contributed by atoms with Crippen molar-refractivity contribution in [3.8, 4) is 0 Å². The lowest BCUT2D eigenvalue weighted by Crippen LogP contribution is -2.33. The normalized spacial score (nSPS) is 10.6. The van der Waals surface area contributed by atoms with Gasteiger partial charge in [-0.15, -0.1) is 0 Å². The third-order valence-corrected chi connectivity index (χ3v) is 0.980. The second-order valence-corrected chi connectivity index (χ2v) is 1.64. The van der Waals surface area contributed by atoms with Gasteiger partial charge in [-0.25, -0.2) is 4.79 Å². The Balaban J connectivity index is 3.27. The highest BCUT2D eigenvalue weighted by Crippen LogP contribution is 1.88. The minimum Gasteiger partial charge on any atom is -0.618 e. The molecule has 4 nitrogen and oxygen atoms in total. The number of carboxylic acids is 1. The van der Waals surface area contributed by atoms with Gasteiger partial charge in [0.05, 0.1) is 0 Å². The molecule has 0 radical (unpaired) electrons. The molecule has 0 unspecified atom stereocenters. The second-order valence-electron chi connectivity index (χ2n) is 1.64. The highest BCUT2D eigenvalue weighted by Gasteiger charge is 2.11. The number of carbonyl (C=O) groups is 1. The molecule has 1 aromatic heterocycles. The van der Waals surface area contributed by atoms with E-state index in [-0.39, 0.29) is 10.9 Å². The number of nitrogens with zero attached hydrogens (tertiary/aromatic N) is 1. The molecule has 0 aliphatic rings. The molecule has 1 heterocycles. The molecule has 10 heavy (non-hydrogen) atoms. The molecule has 52 valence electrons. The van der Waals surface area contributed by atoms with Crippen molar-refractivity contribution < 1.29 is 16.0 Å². The van der Waals surface area contributed by atoms with Crippen LogP contribution in [-0.2, 0) is 0 Å². The van der Waals surface area contributed by atoms with Crippen molar-refractivity contribution in [2.24, 2.45) is 0 Å². The topological polar surface area (TPSA) is 64.2 Å². The minimum absolute atomic E-state index is 0.0579. The van der Waals surface area contributed by atoms with Gasteiger partial charge < -0.3 is 10.3 Å². The first-order valence-electron chi connectivity index (χ1n) is 3.05. The smallest absolute Gasteiger partial charge is 0.402 e. The summed E-state index contributed by atoms with van der Waals surface area (Å²) < 4.78 is 7.00. The molecule has 0 aliphatic heterocycles. The lowest BCUT2D eigenvalue weighted by Gasteiger charge is -1.96. The molecular formula is C6H5NO3. The largest absolute Gasteiger partial charge is 0.618 e. The lowest BCUT2D eigenvalue weighted by atomic mass is 10.4. The summed E-state index contributed by atoms with van der Waals surface area (Å²) in [4.78, 5) is 10.3. The average molecular weight is 140 g/mol. The molecule has 0 amide bonds. The van der Waals surface area contributed by atoms with Crippen LogP contribution in [-0.4, -0.2) is 11.1 Å². The fourth-order valence-corrected chi connectivity index (χ4v) is 0.545. The van der Waals surface area contributed by atoms with E-state index in [1.807, 2.05) is 0 Å². The Morgan fingerprint density at radius 2 is 2.50 bits per heavy atom. The Hall–Kier alpha value is -1.58. The van der Waals surface area contributed by atoms with Crippen LogP contribution in [0.25, 0.3) is 0 Å². The molecule has 1 aromatic rings. The maximum atomic E-state index is 10.8. The van der Waals surface area contributed by atoms with Crippen molar-refractivity contribution in [2.75, 3.05) is 0 Å². The van der Waals surface area contributed by atoms with Gasteiger partial charge in [0.25, 0.3) is 0 Å². The zero-order valence-corrected chi connectivity index (χ0v) is 4.94. The molecule has 0 bridgehead atoms. The first-order chi connectivity index (χ1) is 5.13. The van der Waals surface area contributed by atoms with Crippen molar-refractivity contribution in [3.63, 3.8) is 0 Å². The fraction of sp³-hybridized carbons (Fsp3) is 0. The van der Waals surface area contributed by atoms with Crippen molar-refractivity contribution in [3.05, 3.63) is 35.3 Å². The van der Waals surface area contributed by atoms with Gasteiger partial charge in [-0.3, -0.25) is 0 Å². The van der Waals surface area contributed by atoms with Crippen molar-refractivity contribution in [1.82, 2.24) is 0 Å². The van der Waals surface area contributed by atoms with Gasteiger partial charge in [-0.2, -0.15) is 4.73 Å². The number of hydrogen-bond donors (Lipinski definition) is 1. The van der Waals surface area contributed by atoms with Crippen LogP contribution in [0.5, 0.6) is 0 Å². The van der Waals surface area contributed by atoms with Gasteiger partial charge in [0.2, 0.25) is 0 Å². The molecule has 1 N–H and O–H groups in total. The van der Waals surface area contributed by atoms with Crippen LogP contribution < -0.4 is 4.73 Å². The third kappa shape index (κ3) is 1.05. The molecular weight excluding hydrogens is 134 g/mol. The number of hydrogen-bond acceptors (Lipinski definition) is 2. The molecule has 0 saturated heterocycles. The summed E-state index contributed by atoms with van der Waals surface area (Å²) in [5, 5.41) is 19.1. The van der Waals surface area contributed by atoms with Crippen molar-refractivity contribution >= 4 is 5.97 Å². The van der Waals surface area contributed by atoms with E-state index >= 15 is 0 Å². The van der Waals surface area contributed by atoms with Crippen LogP contribution in [0.2, 0.25) is 0 Å². The van der Waals surface area contributed by atoms with Gasteiger partial charge >= 0.3 is 11.7 Å². The number of aromatic nitrogens is 1. The Morgan fingerprint density at radius 1 is 1.80 bits per heavy atom. The average Bonchev–Trinajstić information content (AvgIpc) is 1.94. The molecule has 0 aliphatic carbocycles. The van der Waals surface area contributed by atoms with Crippen molar-refractivity contribution in [1.29, 1.82) is 0 Å². The number of rotatable bonds is 1. The number of pyridine rings is 1. The highest BCUT2D eigenvalue weighted by molar-refractivity contribution is 5.83. The maximum Gasteiger partial charge on any atom is 0.402 e. The molecule has 0 saturated carbocycles. The molecule has 4 heteroatoms. The van der Waals surface area contributed by atoms with E-state index < -0.39 is 11.7 Å². The van der Waals surface area contributed by atoms with Crippen LogP contribution in [0.1, 0.15) is 11.9 Å². The second kappa shape index (κ2) is 2.34. The summed E-state index contributed by atoms with van der Waals surface area (Å²) in [5.41, 5.74) is -0.433. The minimum atomic E-state index is -1.32. The molecule has 0 fully saturated rings. The standard InChI is InChI=1S/C6H5NO3/c8-6(9)5-3-1-2-4-7(5)10/h1-4H,(H,8,9)/i4D. The van der Waals surface area contributed by atoms with Gasteiger partial charge in [-0.1, -0.05) is 0 Å². The van der Waals surface area contributed by atoms with Gasteiger partial charge in [0, 0.05) is 12.1 Å². The van der Waals surface area contributed by atoms with E-state index in [1.165, 1.54) is 12.1 Å². The van der Waals surface area contributed by atoms with Crippen LogP contribution in [0.15, 0.2) is 24.4 Å². The molecule has 0 aromatic carbocycles. The lowest BCUT2D eigenvalue weighted by molar-refractivity contribution is -0.608. The molecule has 0 spiro atoms. The predicted molar refractivity (Wildman–Crippen MR) is 32.4 cm³/mol. The zero-order valence-electron chi connectivity index (χ0n) is 5.94. The quantitative estimate of drug-likeness (QED) is 0.441. The van der Waals surface area contributed by atoms with E-state index in [2.05, 4.69) is 0 Å². The first-order valence-corrected chi connectivity index (χ1v) is 2.55. The summed E-state index contributed by atoms with van der Waals surface area (Å²) >= 11 is 0. The van der Waals surface area contributed by atoms with Gasteiger partial charge in [-0.05, 0) is 6.07 Å². The molecule has 0 atom stereocenters. The van der Waals surface area contributed by atoms with Gasteiger partial charge in [0.15, 0.2) is 6.17 Å². The van der Waals surface area contributed by atoms with Crippen molar-refractivity contribution in [2.45, 2.75) is 0 Å². The third-order valence-electron chi connectivity index (χ3n) is 0.980. The Bertz CT molecular complexity index is 300. The zero-order chi connectivity index (χ0) is 8.43. The number of carboxylic acid groups (broad SMARTS) is 1. The molecule has 1 rings (SSSR count). The first kappa shape index (κ1) is 5.22. The predicted octanol–water partition coefficient (Wildman–Crippen LogP) is 0.0182. The summed E-state index contributed by atoms with van der Waals surface area (Å²) in [6.45, 7) is 0. The van der Waals surface area contributed by atoms with Gasteiger partial charge in [0.1, 0.15) is 1.37 Å². The van der Waals surface area contributed by atoms with E-state index in [9.17, 15) is 10.0 Å². The maximum absolute atomic E-state index is 10.8. The monoisotopic (exact) mass is 140 g/mol. The van der Waals surface area contributed by atoms with Crippen LogP contribution in [0.4, 0.5) is 0 Å². The Kier molecular flexibility index (Phi) is 1.23. The summed E-state index contributed by atoms with van der Waals surface area (Å²) in [5.74, 6) is -1.32. The van der Waals surface area contributed by atoms with Crippen LogP contribution >= 0.6 is 0 Å². The Morgan fingerprint density at radius 3 is 3.00 bits per heavy atom. The van der Waals surface area contributed by atoms with E-state index in [0.29, 0.717) is 0 Å².